The highest BCUT2D eigenvalue weighted by atomic mass is 16.5. The van der Waals surface area contributed by atoms with Crippen LogP contribution in [0.4, 0.5) is 0 Å². The van der Waals surface area contributed by atoms with Crippen molar-refractivity contribution in [1.82, 2.24) is 4.90 Å². The number of ether oxygens (including phenoxy) is 1. The second kappa shape index (κ2) is 5.61. The normalized spacial score (nSPS) is 20.1. The average molecular weight is 185 g/mol. The molecule has 1 fully saturated rings. The fourth-order valence-corrected chi connectivity index (χ4v) is 1.97. The summed E-state index contributed by atoms with van der Waals surface area (Å²) in [7, 11) is 0. The quantitative estimate of drug-likeness (QED) is 0.665. The molecule has 0 saturated carbocycles. The first-order valence-electron chi connectivity index (χ1n) is 5.55. The highest BCUT2D eigenvalue weighted by Crippen LogP contribution is 2.16. The van der Waals surface area contributed by atoms with Gasteiger partial charge in [-0.15, -0.1) is 0 Å². The van der Waals surface area contributed by atoms with Gasteiger partial charge in [0.25, 0.3) is 0 Å². The molecule has 0 spiro atoms. The third kappa shape index (κ3) is 3.65. The second-order valence-electron chi connectivity index (χ2n) is 4.24. The van der Waals surface area contributed by atoms with Crippen molar-refractivity contribution in [2.75, 3.05) is 26.3 Å². The van der Waals surface area contributed by atoms with E-state index in [1.807, 2.05) is 0 Å². The SMILES string of the molecule is CCN(CC1CCOCC1)C(C)C. The van der Waals surface area contributed by atoms with Crippen molar-refractivity contribution in [3.8, 4) is 0 Å². The molecule has 0 unspecified atom stereocenters. The van der Waals surface area contributed by atoms with Gasteiger partial charge in [-0.1, -0.05) is 6.92 Å². The Labute approximate surface area is 82.3 Å². The first-order valence-corrected chi connectivity index (χ1v) is 5.55. The van der Waals surface area contributed by atoms with E-state index in [1.165, 1.54) is 25.9 Å². The van der Waals surface area contributed by atoms with Gasteiger partial charge in [-0.05, 0) is 39.2 Å². The van der Waals surface area contributed by atoms with Gasteiger partial charge in [0.15, 0.2) is 0 Å². The summed E-state index contributed by atoms with van der Waals surface area (Å²) in [6.07, 6.45) is 2.51. The smallest absolute Gasteiger partial charge is 0.0469 e. The molecule has 1 saturated heterocycles. The zero-order valence-corrected chi connectivity index (χ0v) is 9.25. The molecule has 1 aliphatic rings. The van der Waals surface area contributed by atoms with Gasteiger partial charge < -0.3 is 9.64 Å². The molecular formula is C11H23NO. The van der Waals surface area contributed by atoms with E-state index >= 15 is 0 Å². The van der Waals surface area contributed by atoms with Crippen molar-refractivity contribution in [3.05, 3.63) is 0 Å². The fourth-order valence-electron chi connectivity index (χ4n) is 1.97. The lowest BCUT2D eigenvalue weighted by atomic mass is 9.99. The van der Waals surface area contributed by atoms with Crippen LogP contribution >= 0.6 is 0 Å². The van der Waals surface area contributed by atoms with Crippen LogP contribution in [0.1, 0.15) is 33.6 Å². The molecule has 78 valence electrons. The van der Waals surface area contributed by atoms with Crippen molar-refractivity contribution in [3.63, 3.8) is 0 Å². The lowest BCUT2D eigenvalue weighted by molar-refractivity contribution is 0.0488. The lowest BCUT2D eigenvalue weighted by Crippen LogP contribution is -2.36. The summed E-state index contributed by atoms with van der Waals surface area (Å²) in [6, 6.07) is 0.688. The van der Waals surface area contributed by atoms with Crippen LogP contribution in [0.5, 0.6) is 0 Å². The molecule has 2 heteroatoms. The summed E-state index contributed by atoms with van der Waals surface area (Å²) in [5, 5.41) is 0. The minimum Gasteiger partial charge on any atom is -0.381 e. The minimum absolute atomic E-state index is 0.688. The van der Waals surface area contributed by atoms with Gasteiger partial charge >= 0.3 is 0 Å². The number of hydrogen-bond acceptors (Lipinski definition) is 2. The number of hydrogen-bond donors (Lipinski definition) is 0. The third-order valence-electron chi connectivity index (χ3n) is 2.97. The van der Waals surface area contributed by atoms with Crippen LogP contribution in [-0.4, -0.2) is 37.2 Å². The predicted molar refractivity (Wildman–Crippen MR) is 55.9 cm³/mol. The Hall–Kier alpha value is -0.0800. The maximum absolute atomic E-state index is 5.36. The number of nitrogens with zero attached hydrogens (tertiary/aromatic N) is 1. The fraction of sp³-hybridized carbons (Fsp3) is 1.00. The maximum Gasteiger partial charge on any atom is 0.0469 e. The van der Waals surface area contributed by atoms with E-state index in [2.05, 4.69) is 25.7 Å². The molecule has 0 aliphatic carbocycles. The Kier molecular flexibility index (Phi) is 4.74. The van der Waals surface area contributed by atoms with E-state index in [1.54, 1.807) is 0 Å². The molecule has 0 atom stereocenters. The van der Waals surface area contributed by atoms with E-state index in [0.29, 0.717) is 6.04 Å². The van der Waals surface area contributed by atoms with E-state index in [9.17, 15) is 0 Å². The van der Waals surface area contributed by atoms with Crippen LogP contribution in [0, 0.1) is 5.92 Å². The van der Waals surface area contributed by atoms with Crippen molar-refractivity contribution >= 4 is 0 Å². The van der Waals surface area contributed by atoms with Gasteiger partial charge in [-0.25, -0.2) is 0 Å². The van der Waals surface area contributed by atoms with Crippen molar-refractivity contribution in [2.45, 2.75) is 39.7 Å². The van der Waals surface area contributed by atoms with Gasteiger partial charge in [-0.3, -0.25) is 0 Å². The summed E-state index contributed by atoms with van der Waals surface area (Å²) in [5.41, 5.74) is 0. The van der Waals surface area contributed by atoms with E-state index < -0.39 is 0 Å². The highest BCUT2D eigenvalue weighted by Gasteiger charge is 2.17. The Balaban J connectivity index is 2.27. The molecule has 0 radical (unpaired) electrons. The van der Waals surface area contributed by atoms with E-state index in [0.717, 1.165) is 19.1 Å². The van der Waals surface area contributed by atoms with Crippen LogP contribution in [0.3, 0.4) is 0 Å². The van der Waals surface area contributed by atoms with E-state index in [4.69, 9.17) is 4.74 Å². The topological polar surface area (TPSA) is 12.5 Å². The molecule has 0 aromatic rings. The molecule has 2 nitrogen and oxygen atoms in total. The Morgan fingerprint density at radius 1 is 1.31 bits per heavy atom. The van der Waals surface area contributed by atoms with Crippen LogP contribution < -0.4 is 0 Å². The van der Waals surface area contributed by atoms with Crippen LogP contribution in [0.2, 0.25) is 0 Å². The Bertz CT molecular complexity index is 130. The zero-order valence-electron chi connectivity index (χ0n) is 9.25. The summed E-state index contributed by atoms with van der Waals surface area (Å²) in [4.78, 5) is 2.55. The van der Waals surface area contributed by atoms with Crippen LogP contribution in [-0.2, 0) is 4.74 Å². The summed E-state index contributed by atoms with van der Waals surface area (Å²) in [5.74, 6) is 0.871. The van der Waals surface area contributed by atoms with Gasteiger partial charge in [-0.2, -0.15) is 0 Å². The molecule has 0 aromatic heterocycles. The summed E-state index contributed by atoms with van der Waals surface area (Å²) in [6.45, 7) is 11.2. The first kappa shape index (κ1) is 11.0. The molecule has 1 rings (SSSR count). The van der Waals surface area contributed by atoms with Gasteiger partial charge in [0.2, 0.25) is 0 Å². The van der Waals surface area contributed by atoms with Crippen molar-refractivity contribution in [1.29, 1.82) is 0 Å². The maximum atomic E-state index is 5.36. The molecule has 0 aromatic carbocycles. The standard InChI is InChI=1S/C11H23NO/c1-4-12(10(2)3)9-11-5-7-13-8-6-11/h10-11H,4-9H2,1-3H3. The summed E-state index contributed by atoms with van der Waals surface area (Å²) >= 11 is 0. The molecule has 0 amide bonds. The molecule has 0 N–H and O–H groups in total. The minimum atomic E-state index is 0.688. The average Bonchev–Trinajstić information content (AvgIpc) is 2.15. The summed E-state index contributed by atoms with van der Waals surface area (Å²) < 4.78 is 5.36. The van der Waals surface area contributed by atoms with Crippen LogP contribution in [0.15, 0.2) is 0 Å². The Morgan fingerprint density at radius 2 is 1.92 bits per heavy atom. The first-order chi connectivity index (χ1) is 6.24. The molecule has 13 heavy (non-hydrogen) atoms. The Morgan fingerprint density at radius 3 is 2.38 bits per heavy atom. The van der Waals surface area contributed by atoms with Gasteiger partial charge in [0, 0.05) is 25.8 Å². The van der Waals surface area contributed by atoms with Crippen molar-refractivity contribution in [2.24, 2.45) is 5.92 Å². The van der Waals surface area contributed by atoms with Gasteiger partial charge in [0.05, 0.1) is 0 Å². The molecule has 0 bridgehead atoms. The highest BCUT2D eigenvalue weighted by molar-refractivity contribution is 4.70. The van der Waals surface area contributed by atoms with E-state index in [-0.39, 0.29) is 0 Å². The molecular weight excluding hydrogens is 162 g/mol. The molecule has 1 heterocycles. The van der Waals surface area contributed by atoms with Crippen molar-refractivity contribution < 1.29 is 4.74 Å². The monoisotopic (exact) mass is 185 g/mol. The largest absolute Gasteiger partial charge is 0.381 e. The zero-order chi connectivity index (χ0) is 9.68. The van der Waals surface area contributed by atoms with Crippen LogP contribution in [0.25, 0.3) is 0 Å². The van der Waals surface area contributed by atoms with Gasteiger partial charge in [0.1, 0.15) is 0 Å². The predicted octanol–water partition coefficient (Wildman–Crippen LogP) is 2.14. The third-order valence-corrected chi connectivity index (χ3v) is 2.97. The lowest BCUT2D eigenvalue weighted by Gasteiger charge is -2.31. The molecule has 1 aliphatic heterocycles. The number of rotatable bonds is 4. The second-order valence-corrected chi connectivity index (χ2v) is 4.24.